The van der Waals surface area contributed by atoms with Gasteiger partial charge in [0.2, 0.25) is 0 Å². The highest BCUT2D eigenvalue weighted by atomic mass is 32.2. The Hall–Kier alpha value is -0.820. The summed E-state index contributed by atoms with van der Waals surface area (Å²) in [6.45, 7) is 12.7. The number of sulfone groups is 1. The third kappa shape index (κ3) is 4.57. The predicted octanol–water partition coefficient (Wildman–Crippen LogP) is 0.413. The van der Waals surface area contributed by atoms with Gasteiger partial charge in [-0.1, -0.05) is 13.8 Å². The van der Waals surface area contributed by atoms with Crippen LogP contribution in [0.25, 0.3) is 0 Å². The number of nitrogens with zero attached hydrogens (tertiary/aromatic N) is 3. The first-order valence-corrected chi connectivity index (χ1v) is 9.33. The van der Waals surface area contributed by atoms with Gasteiger partial charge >= 0.3 is 0 Å². The highest BCUT2D eigenvalue weighted by molar-refractivity contribution is 7.92. The second-order valence-corrected chi connectivity index (χ2v) is 8.74. The third-order valence-electron chi connectivity index (χ3n) is 4.16. The van der Waals surface area contributed by atoms with Gasteiger partial charge in [0, 0.05) is 33.2 Å². The van der Waals surface area contributed by atoms with E-state index in [0.29, 0.717) is 13.1 Å². The Bertz CT molecular complexity index is 456. The summed E-state index contributed by atoms with van der Waals surface area (Å²) in [7, 11) is -1.26. The molecule has 1 rings (SSSR count). The molecule has 1 fully saturated rings. The lowest BCUT2D eigenvalue weighted by molar-refractivity contribution is 0.303. The smallest absolute Gasteiger partial charge is 0.193 e. The molecule has 7 heteroatoms. The SMILES string of the molecule is CCN(CC)CCNC(=NC)N1CCS(=O)(=O)C(C)(C)C1. The normalized spacial score (nSPS) is 21.6. The number of aliphatic imine (C=N–C) groups is 1. The lowest BCUT2D eigenvalue weighted by Gasteiger charge is -2.39. The molecule has 1 aliphatic rings. The van der Waals surface area contributed by atoms with Gasteiger partial charge < -0.3 is 15.1 Å². The molecule has 0 aliphatic carbocycles. The summed E-state index contributed by atoms with van der Waals surface area (Å²) in [4.78, 5) is 8.67. The lowest BCUT2D eigenvalue weighted by Crippen LogP contribution is -2.57. The van der Waals surface area contributed by atoms with Crippen LogP contribution in [0.3, 0.4) is 0 Å². The Labute approximate surface area is 129 Å². The largest absolute Gasteiger partial charge is 0.355 e. The highest BCUT2D eigenvalue weighted by Crippen LogP contribution is 2.23. The van der Waals surface area contributed by atoms with Crippen molar-refractivity contribution in [3.8, 4) is 0 Å². The zero-order valence-corrected chi connectivity index (χ0v) is 14.8. The maximum atomic E-state index is 12.0. The van der Waals surface area contributed by atoms with Gasteiger partial charge in [-0.2, -0.15) is 0 Å². The first-order valence-electron chi connectivity index (χ1n) is 7.67. The Morgan fingerprint density at radius 1 is 1.33 bits per heavy atom. The van der Waals surface area contributed by atoms with E-state index in [1.807, 2.05) is 4.90 Å². The fourth-order valence-corrected chi connectivity index (χ4v) is 3.89. The van der Waals surface area contributed by atoms with Crippen LogP contribution < -0.4 is 5.32 Å². The lowest BCUT2D eigenvalue weighted by atomic mass is 10.2. The Kier molecular flexibility index (Phi) is 6.46. The molecular weight excluding hydrogens is 288 g/mol. The van der Waals surface area contributed by atoms with Crippen molar-refractivity contribution in [1.29, 1.82) is 0 Å². The zero-order valence-electron chi connectivity index (χ0n) is 14.0. The second kappa shape index (κ2) is 7.45. The molecular formula is C14H30N4O2S. The molecule has 0 radical (unpaired) electrons. The van der Waals surface area contributed by atoms with E-state index in [-0.39, 0.29) is 5.75 Å². The molecule has 0 aromatic rings. The van der Waals surface area contributed by atoms with Crippen molar-refractivity contribution in [1.82, 2.24) is 15.1 Å². The van der Waals surface area contributed by atoms with Gasteiger partial charge in [-0.05, 0) is 26.9 Å². The molecule has 21 heavy (non-hydrogen) atoms. The van der Waals surface area contributed by atoms with Crippen molar-refractivity contribution >= 4 is 15.8 Å². The molecule has 124 valence electrons. The van der Waals surface area contributed by atoms with Crippen molar-refractivity contribution in [3.63, 3.8) is 0 Å². The summed E-state index contributed by atoms with van der Waals surface area (Å²) in [5.74, 6) is 0.988. The summed E-state index contributed by atoms with van der Waals surface area (Å²) >= 11 is 0. The molecule has 0 atom stereocenters. The highest BCUT2D eigenvalue weighted by Gasteiger charge is 2.40. The molecule has 0 bridgehead atoms. The van der Waals surface area contributed by atoms with Gasteiger partial charge in [0.05, 0.1) is 10.5 Å². The first-order chi connectivity index (χ1) is 9.77. The quantitative estimate of drug-likeness (QED) is 0.588. The van der Waals surface area contributed by atoms with Crippen LogP contribution in [0.2, 0.25) is 0 Å². The monoisotopic (exact) mass is 318 g/mol. The Morgan fingerprint density at radius 3 is 2.43 bits per heavy atom. The van der Waals surface area contributed by atoms with Crippen molar-refractivity contribution < 1.29 is 8.42 Å². The van der Waals surface area contributed by atoms with Crippen LogP contribution in [-0.2, 0) is 9.84 Å². The van der Waals surface area contributed by atoms with E-state index in [2.05, 4.69) is 29.1 Å². The average Bonchev–Trinajstić information content (AvgIpc) is 2.43. The zero-order chi connectivity index (χ0) is 16.1. The molecule has 1 saturated heterocycles. The molecule has 1 heterocycles. The fourth-order valence-electron chi connectivity index (χ4n) is 2.52. The van der Waals surface area contributed by atoms with Gasteiger partial charge in [-0.25, -0.2) is 8.42 Å². The number of hydrogen-bond acceptors (Lipinski definition) is 4. The molecule has 0 aromatic heterocycles. The molecule has 0 unspecified atom stereocenters. The maximum absolute atomic E-state index is 12.0. The first kappa shape index (κ1) is 18.2. The molecule has 1 N–H and O–H groups in total. The number of likely N-dealkylation sites (N-methyl/N-ethyl adjacent to an activating group) is 1. The summed E-state index contributed by atoms with van der Waals surface area (Å²) in [6.07, 6.45) is 0. The summed E-state index contributed by atoms with van der Waals surface area (Å²) in [5, 5.41) is 3.34. The summed E-state index contributed by atoms with van der Waals surface area (Å²) in [6, 6.07) is 0. The minimum Gasteiger partial charge on any atom is -0.355 e. The van der Waals surface area contributed by atoms with Crippen molar-refractivity contribution in [2.45, 2.75) is 32.4 Å². The number of nitrogens with one attached hydrogen (secondary N) is 1. The fraction of sp³-hybridized carbons (Fsp3) is 0.929. The predicted molar refractivity (Wildman–Crippen MR) is 88.6 cm³/mol. The third-order valence-corrected chi connectivity index (χ3v) is 6.69. The van der Waals surface area contributed by atoms with Crippen molar-refractivity contribution in [2.75, 3.05) is 52.1 Å². The molecule has 0 amide bonds. The van der Waals surface area contributed by atoms with E-state index < -0.39 is 14.6 Å². The molecule has 1 aliphatic heterocycles. The van der Waals surface area contributed by atoms with E-state index in [4.69, 9.17) is 0 Å². The minimum absolute atomic E-state index is 0.191. The van der Waals surface area contributed by atoms with Crippen molar-refractivity contribution in [2.24, 2.45) is 4.99 Å². The number of rotatable bonds is 5. The van der Waals surface area contributed by atoms with Gasteiger partial charge in [0.1, 0.15) is 0 Å². The van der Waals surface area contributed by atoms with Gasteiger partial charge in [0.25, 0.3) is 0 Å². The van der Waals surface area contributed by atoms with Gasteiger partial charge in [-0.15, -0.1) is 0 Å². The molecule has 0 saturated carbocycles. The van der Waals surface area contributed by atoms with Crippen LogP contribution in [0.5, 0.6) is 0 Å². The minimum atomic E-state index is -3.01. The standard InChI is InChI=1S/C14H30N4O2S/c1-6-17(7-2)9-8-16-13(15-5)18-10-11-21(19,20)14(3,4)12-18/h6-12H2,1-5H3,(H,15,16). The van der Waals surface area contributed by atoms with Crippen LogP contribution >= 0.6 is 0 Å². The van der Waals surface area contributed by atoms with Crippen LogP contribution in [0.15, 0.2) is 4.99 Å². The van der Waals surface area contributed by atoms with Crippen LogP contribution in [0.1, 0.15) is 27.7 Å². The Morgan fingerprint density at radius 2 is 1.95 bits per heavy atom. The van der Waals surface area contributed by atoms with E-state index in [1.54, 1.807) is 20.9 Å². The topological polar surface area (TPSA) is 65.0 Å². The van der Waals surface area contributed by atoms with E-state index >= 15 is 0 Å². The van der Waals surface area contributed by atoms with Crippen molar-refractivity contribution in [3.05, 3.63) is 0 Å². The molecule has 0 spiro atoms. The van der Waals surface area contributed by atoms with Crippen LogP contribution in [-0.4, -0.2) is 81.0 Å². The van der Waals surface area contributed by atoms with Gasteiger partial charge in [0.15, 0.2) is 15.8 Å². The number of guanidine groups is 1. The second-order valence-electron chi connectivity index (χ2n) is 6.00. The summed E-state index contributed by atoms with van der Waals surface area (Å²) < 4.78 is 23.4. The van der Waals surface area contributed by atoms with Crippen LogP contribution in [0, 0.1) is 0 Å². The Balaban J connectivity index is 2.59. The molecule has 6 nitrogen and oxygen atoms in total. The van der Waals surface area contributed by atoms with E-state index in [9.17, 15) is 8.42 Å². The number of hydrogen-bond donors (Lipinski definition) is 1. The maximum Gasteiger partial charge on any atom is 0.193 e. The van der Waals surface area contributed by atoms with E-state index in [0.717, 1.165) is 32.1 Å². The van der Waals surface area contributed by atoms with Gasteiger partial charge in [-0.3, -0.25) is 4.99 Å². The summed E-state index contributed by atoms with van der Waals surface area (Å²) in [5.41, 5.74) is 0. The molecule has 0 aromatic carbocycles. The van der Waals surface area contributed by atoms with E-state index in [1.165, 1.54) is 0 Å². The van der Waals surface area contributed by atoms with Crippen LogP contribution in [0.4, 0.5) is 0 Å². The average molecular weight is 318 g/mol.